The van der Waals surface area contributed by atoms with Gasteiger partial charge in [0.2, 0.25) is 0 Å². The van der Waals surface area contributed by atoms with Gasteiger partial charge in [0.15, 0.2) is 0 Å². The zero-order valence-corrected chi connectivity index (χ0v) is 10.5. The van der Waals surface area contributed by atoms with E-state index < -0.39 is 0 Å². The number of phenols is 2. The highest BCUT2D eigenvalue weighted by Gasteiger charge is 2.10. The van der Waals surface area contributed by atoms with Crippen molar-refractivity contribution >= 4 is 5.69 Å². The third kappa shape index (κ3) is 2.96. The lowest BCUT2D eigenvalue weighted by molar-refractivity contribution is 0.448. The van der Waals surface area contributed by atoms with Gasteiger partial charge in [-0.3, -0.25) is 0 Å². The van der Waals surface area contributed by atoms with Crippen LogP contribution in [-0.4, -0.2) is 10.2 Å². The summed E-state index contributed by atoms with van der Waals surface area (Å²) >= 11 is 0. The van der Waals surface area contributed by atoms with Gasteiger partial charge < -0.3 is 15.5 Å². The Labute approximate surface area is 111 Å². The molecule has 96 valence electrons. The number of anilines is 1. The van der Waals surface area contributed by atoms with E-state index in [2.05, 4.69) is 11.4 Å². The lowest BCUT2D eigenvalue weighted by Gasteiger charge is -2.17. The van der Waals surface area contributed by atoms with Gasteiger partial charge in [0.1, 0.15) is 17.6 Å². The molecule has 0 aliphatic carbocycles. The minimum atomic E-state index is -0.146. The number of aromatic hydroxyl groups is 2. The molecule has 2 aromatic rings. The minimum Gasteiger partial charge on any atom is -0.508 e. The number of hydrogen-bond donors (Lipinski definition) is 3. The van der Waals surface area contributed by atoms with Crippen LogP contribution in [0.15, 0.2) is 42.5 Å². The molecule has 1 atom stereocenters. The first kappa shape index (κ1) is 12.8. The minimum absolute atomic E-state index is 0.0113. The smallest absolute Gasteiger partial charge is 0.119 e. The lowest BCUT2D eigenvalue weighted by Crippen LogP contribution is -2.07. The number of benzene rings is 2. The van der Waals surface area contributed by atoms with Crippen molar-refractivity contribution in [2.75, 3.05) is 5.32 Å². The monoisotopic (exact) mass is 254 g/mol. The molecule has 2 rings (SSSR count). The molecule has 0 aromatic heterocycles. The maximum Gasteiger partial charge on any atom is 0.119 e. The number of nitriles is 1. The SMILES string of the molecule is CC(Nc1ccccc1C#N)c1cc(O)cc(O)c1. The number of hydrogen-bond acceptors (Lipinski definition) is 4. The summed E-state index contributed by atoms with van der Waals surface area (Å²) in [5.41, 5.74) is 2.02. The summed E-state index contributed by atoms with van der Waals surface area (Å²) in [7, 11) is 0. The average Bonchev–Trinajstić information content (AvgIpc) is 2.38. The lowest BCUT2D eigenvalue weighted by atomic mass is 10.1. The zero-order chi connectivity index (χ0) is 13.8. The van der Waals surface area contributed by atoms with E-state index in [1.807, 2.05) is 19.1 Å². The quantitative estimate of drug-likeness (QED) is 0.786. The second-order valence-corrected chi connectivity index (χ2v) is 4.31. The molecule has 19 heavy (non-hydrogen) atoms. The predicted molar refractivity (Wildman–Crippen MR) is 73.0 cm³/mol. The maximum absolute atomic E-state index is 9.47. The molecule has 4 heteroatoms. The van der Waals surface area contributed by atoms with Crippen LogP contribution in [0, 0.1) is 11.3 Å². The summed E-state index contributed by atoms with van der Waals surface area (Å²) in [5, 5.41) is 31.1. The molecule has 0 spiro atoms. The molecule has 0 fully saturated rings. The Morgan fingerprint density at radius 1 is 1.11 bits per heavy atom. The molecule has 1 unspecified atom stereocenters. The van der Waals surface area contributed by atoms with Crippen LogP contribution in [0.3, 0.4) is 0 Å². The molecule has 3 N–H and O–H groups in total. The van der Waals surface area contributed by atoms with E-state index >= 15 is 0 Å². The highest BCUT2D eigenvalue weighted by molar-refractivity contribution is 5.58. The fourth-order valence-corrected chi connectivity index (χ4v) is 1.89. The van der Waals surface area contributed by atoms with Crippen molar-refractivity contribution in [2.24, 2.45) is 0 Å². The van der Waals surface area contributed by atoms with Crippen LogP contribution in [-0.2, 0) is 0 Å². The van der Waals surface area contributed by atoms with Crippen LogP contribution in [0.1, 0.15) is 24.1 Å². The highest BCUT2D eigenvalue weighted by Crippen LogP contribution is 2.27. The molecular weight excluding hydrogens is 240 g/mol. The van der Waals surface area contributed by atoms with Gasteiger partial charge in [-0.2, -0.15) is 5.26 Å². The van der Waals surface area contributed by atoms with Gasteiger partial charge in [-0.15, -0.1) is 0 Å². The van der Waals surface area contributed by atoms with E-state index in [1.54, 1.807) is 24.3 Å². The number of para-hydroxylation sites is 1. The summed E-state index contributed by atoms with van der Waals surface area (Å²) < 4.78 is 0. The fourth-order valence-electron chi connectivity index (χ4n) is 1.89. The van der Waals surface area contributed by atoms with Crippen molar-refractivity contribution < 1.29 is 10.2 Å². The van der Waals surface area contributed by atoms with Crippen molar-refractivity contribution in [3.63, 3.8) is 0 Å². The van der Waals surface area contributed by atoms with Crippen LogP contribution in [0.25, 0.3) is 0 Å². The highest BCUT2D eigenvalue weighted by atomic mass is 16.3. The molecule has 0 aliphatic rings. The molecule has 0 heterocycles. The first-order chi connectivity index (χ1) is 9.10. The van der Waals surface area contributed by atoms with Gasteiger partial charge in [-0.1, -0.05) is 12.1 Å². The largest absolute Gasteiger partial charge is 0.508 e. The Kier molecular flexibility index (Phi) is 3.58. The van der Waals surface area contributed by atoms with E-state index in [9.17, 15) is 10.2 Å². The van der Waals surface area contributed by atoms with Gasteiger partial charge in [0, 0.05) is 12.1 Å². The molecule has 0 saturated carbocycles. The average molecular weight is 254 g/mol. The second kappa shape index (κ2) is 5.32. The number of rotatable bonds is 3. The van der Waals surface area contributed by atoms with E-state index in [0.717, 1.165) is 11.3 Å². The number of phenolic OH excluding ortho intramolecular Hbond substituents is 2. The molecule has 0 amide bonds. The predicted octanol–water partition coefficient (Wildman–Crippen LogP) is 3.14. The fraction of sp³-hybridized carbons (Fsp3) is 0.133. The van der Waals surface area contributed by atoms with Gasteiger partial charge in [-0.05, 0) is 36.8 Å². The summed E-state index contributed by atoms with van der Waals surface area (Å²) in [6.07, 6.45) is 0. The third-order valence-corrected chi connectivity index (χ3v) is 2.84. The first-order valence-electron chi connectivity index (χ1n) is 5.88. The molecule has 0 saturated heterocycles. The molecule has 0 bridgehead atoms. The van der Waals surface area contributed by atoms with Crippen LogP contribution in [0.4, 0.5) is 5.69 Å². The van der Waals surface area contributed by atoms with Crippen molar-refractivity contribution in [3.05, 3.63) is 53.6 Å². The second-order valence-electron chi connectivity index (χ2n) is 4.31. The van der Waals surface area contributed by atoms with Crippen LogP contribution < -0.4 is 5.32 Å². The van der Waals surface area contributed by atoms with Gasteiger partial charge in [-0.25, -0.2) is 0 Å². The molecule has 0 radical (unpaired) electrons. The van der Waals surface area contributed by atoms with Crippen LogP contribution >= 0.6 is 0 Å². The van der Waals surface area contributed by atoms with Crippen molar-refractivity contribution in [1.29, 1.82) is 5.26 Å². The van der Waals surface area contributed by atoms with Crippen LogP contribution in [0.2, 0.25) is 0 Å². The van der Waals surface area contributed by atoms with Gasteiger partial charge in [0.25, 0.3) is 0 Å². The molecule has 2 aromatic carbocycles. The van der Waals surface area contributed by atoms with E-state index in [-0.39, 0.29) is 17.5 Å². The third-order valence-electron chi connectivity index (χ3n) is 2.84. The first-order valence-corrected chi connectivity index (χ1v) is 5.88. The molecule has 4 nitrogen and oxygen atoms in total. The Bertz CT molecular complexity index is 612. The normalized spacial score (nSPS) is 11.6. The molecule has 0 aliphatic heterocycles. The standard InChI is InChI=1S/C15H14N2O2/c1-10(12-6-13(18)8-14(19)7-12)17-15-5-3-2-4-11(15)9-16/h2-8,10,17-19H,1H3. The van der Waals surface area contributed by atoms with E-state index in [0.29, 0.717) is 5.56 Å². The van der Waals surface area contributed by atoms with Crippen LogP contribution in [0.5, 0.6) is 11.5 Å². The Hall–Kier alpha value is -2.67. The summed E-state index contributed by atoms with van der Waals surface area (Å²) in [5.74, 6) is 0.0226. The Balaban J connectivity index is 2.26. The van der Waals surface area contributed by atoms with Crippen molar-refractivity contribution in [3.8, 4) is 17.6 Å². The maximum atomic E-state index is 9.47. The Morgan fingerprint density at radius 2 is 1.74 bits per heavy atom. The number of nitrogens with one attached hydrogen (secondary N) is 1. The summed E-state index contributed by atoms with van der Waals surface area (Å²) in [4.78, 5) is 0. The summed E-state index contributed by atoms with van der Waals surface area (Å²) in [6.45, 7) is 1.89. The molecular formula is C15H14N2O2. The van der Waals surface area contributed by atoms with E-state index in [1.165, 1.54) is 6.07 Å². The topological polar surface area (TPSA) is 76.3 Å². The zero-order valence-electron chi connectivity index (χ0n) is 10.5. The summed E-state index contributed by atoms with van der Waals surface area (Å²) in [6, 6.07) is 13.6. The van der Waals surface area contributed by atoms with Crippen molar-refractivity contribution in [1.82, 2.24) is 0 Å². The Morgan fingerprint density at radius 3 is 2.37 bits per heavy atom. The van der Waals surface area contributed by atoms with Gasteiger partial charge in [0.05, 0.1) is 11.3 Å². The van der Waals surface area contributed by atoms with E-state index in [4.69, 9.17) is 5.26 Å². The van der Waals surface area contributed by atoms with Crippen molar-refractivity contribution in [2.45, 2.75) is 13.0 Å². The van der Waals surface area contributed by atoms with Gasteiger partial charge >= 0.3 is 0 Å². The number of nitrogens with zero attached hydrogens (tertiary/aromatic N) is 1.